The number of amides is 1. The van der Waals surface area contributed by atoms with E-state index in [9.17, 15) is 14.4 Å². The number of carboxylic acid groups (broad SMARTS) is 1. The summed E-state index contributed by atoms with van der Waals surface area (Å²) in [4.78, 5) is 37.0. The third-order valence-electron chi connectivity index (χ3n) is 4.18. The number of carbonyl (C=O) groups is 3. The van der Waals surface area contributed by atoms with Crippen LogP contribution in [0.15, 0.2) is 47.4 Å². The molecule has 0 saturated carbocycles. The number of thiocarbonyl (C=S) groups is 1. The van der Waals surface area contributed by atoms with E-state index in [0.717, 1.165) is 16.7 Å². The van der Waals surface area contributed by atoms with Crippen LogP contribution in [0, 0.1) is 0 Å². The molecule has 0 atom stereocenters. The molecule has 1 aliphatic heterocycles. The standard InChI is InChI=1S/C21H17NO7S2/c1-27-14-6-4-13(5-7-14)20(26)29-15-8-3-12(9-16(15)28-2)10-17-19(25)22(11-18(23)24)21(30)31-17/h3-10H,11H2,1-2H3,(H,23,24)/b17-10-. The molecule has 31 heavy (non-hydrogen) atoms. The Labute approximate surface area is 187 Å². The van der Waals surface area contributed by atoms with Crippen LogP contribution in [-0.4, -0.2) is 52.9 Å². The number of hydrogen-bond acceptors (Lipinski definition) is 8. The molecule has 1 aliphatic rings. The zero-order valence-corrected chi connectivity index (χ0v) is 18.1. The Bertz CT molecular complexity index is 1080. The van der Waals surface area contributed by atoms with E-state index in [4.69, 9.17) is 31.5 Å². The van der Waals surface area contributed by atoms with Crippen LogP contribution in [0.25, 0.3) is 6.08 Å². The lowest BCUT2D eigenvalue weighted by atomic mass is 10.1. The number of rotatable bonds is 7. The number of benzene rings is 2. The summed E-state index contributed by atoms with van der Waals surface area (Å²) in [7, 11) is 2.96. The summed E-state index contributed by atoms with van der Waals surface area (Å²) in [6.45, 7) is -0.494. The van der Waals surface area contributed by atoms with Gasteiger partial charge in [-0.25, -0.2) is 4.79 Å². The van der Waals surface area contributed by atoms with Crippen LogP contribution in [0.3, 0.4) is 0 Å². The van der Waals surface area contributed by atoms with Crippen molar-refractivity contribution < 1.29 is 33.7 Å². The van der Waals surface area contributed by atoms with Crippen LogP contribution in [0.5, 0.6) is 17.2 Å². The second-order valence-corrected chi connectivity index (χ2v) is 7.87. The van der Waals surface area contributed by atoms with Crippen molar-refractivity contribution in [3.05, 3.63) is 58.5 Å². The van der Waals surface area contributed by atoms with Crippen molar-refractivity contribution in [2.45, 2.75) is 0 Å². The number of carboxylic acids is 1. The lowest BCUT2D eigenvalue weighted by Gasteiger charge is -2.11. The summed E-state index contributed by atoms with van der Waals surface area (Å²) >= 11 is 6.10. The number of aliphatic carboxylic acids is 1. The highest BCUT2D eigenvalue weighted by atomic mass is 32.2. The van der Waals surface area contributed by atoms with Gasteiger partial charge in [0.2, 0.25) is 0 Å². The van der Waals surface area contributed by atoms with Gasteiger partial charge in [0.05, 0.1) is 24.7 Å². The third-order valence-corrected chi connectivity index (χ3v) is 5.56. The average molecular weight is 460 g/mol. The van der Waals surface area contributed by atoms with E-state index in [1.165, 1.54) is 14.2 Å². The minimum absolute atomic E-state index is 0.177. The lowest BCUT2D eigenvalue weighted by Crippen LogP contribution is -2.33. The van der Waals surface area contributed by atoms with Crippen molar-refractivity contribution in [2.24, 2.45) is 0 Å². The van der Waals surface area contributed by atoms with E-state index in [1.807, 2.05) is 0 Å². The lowest BCUT2D eigenvalue weighted by molar-refractivity contribution is -0.140. The van der Waals surface area contributed by atoms with Gasteiger partial charge in [0.1, 0.15) is 16.6 Å². The van der Waals surface area contributed by atoms with E-state index < -0.39 is 24.4 Å². The zero-order valence-electron chi connectivity index (χ0n) is 16.5. The fourth-order valence-electron chi connectivity index (χ4n) is 2.67. The number of ether oxygens (including phenoxy) is 3. The van der Waals surface area contributed by atoms with Crippen molar-refractivity contribution in [2.75, 3.05) is 20.8 Å². The smallest absolute Gasteiger partial charge is 0.343 e. The Morgan fingerprint density at radius 2 is 1.81 bits per heavy atom. The molecule has 1 N–H and O–H groups in total. The van der Waals surface area contributed by atoms with Gasteiger partial charge in [-0.3, -0.25) is 14.5 Å². The summed E-state index contributed by atoms with van der Waals surface area (Å²) in [5.74, 6) is -1.08. The molecule has 2 aromatic carbocycles. The summed E-state index contributed by atoms with van der Waals surface area (Å²) in [6, 6.07) is 11.3. The number of methoxy groups -OCH3 is 2. The first-order valence-electron chi connectivity index (χ1n) is 8.84. The largest absolute Gasteiger partial charge is 0.497 e. The topological polar surface area (TPSA) is 102 Å². The van der Waals surface area contributed by atoms with Gasteiger partial charge >= 0.3 is 11.9 Å². The number of thioether (sulfide) groups is 1. The van der Waals surface area contributed by atoms with Crippen molar-refractivity contribution >= 4 is 52.2 Å². The first kappa shape index (κ1) is 22.3. The van der Waals surface area contributed by atoms with Gasteiger partial charge in [0.15, 0.2) is 11.5 Å². The molecule has 1 fully saturated rings. The maximum atomic E-state index is 12.4. The molecule has 0 aliphatic carbocycles. The second-order valence-electron chi connectivity index (χ2n) is 6.19. The predicted molar refractivity (Wildman–Crippen MR) is 118 cm³/mol. The highest BCUT2D eigenvalue weighted by Gasteiger charge is 2.33. The molecule has 1 heterocycles. The van der Waals surface area contributed by atoms with Gasteiger partial charge in [0.25, 0.3) is 5.91 Å². The van der Waals surface area contributed by atoms with Crippen molar-refractivity contribution in [3.63, 3.8) is 0 Å². The van der Waals surface area contributed by atoms with Crippen molar-refractivity contribution in [1.29, 1.82) is 0 Å². The summed E-state index contributed by atoms with van der Waals surface area (Å²) < 4.78 is 16.0. The van der Waals surface area contributed by atoms with Crippen LogP contribution >= 0.6 is 24.0 Å². The molecule has 1 saturated heterocycles. The minimum atomic E-state index is -1.15. The number of esters is 1. The predicted octanol–water partition coefficient (Wildman–Crippen LogP) is 3.21. The quantitative estimate of drug-likeness (QED) is 0.289. The Hall–Kier alpha value is -3.37. The van der Waals surface area contributed by atoms with Gasteiger partial charge in [-0.1, -0.05) is 30.0 Å². The highest BCUT2D eigenvalue weighted by molar-refractivity contribution is 8.26. The van der Waals surface area contributed by atoms with Gasteiger partial charge in [-0.2, -0.15) is 0 Å². The maximum absolute atomic E-state index is 12.4. The number of hydrogen-bond donors (Lipinski definition) is 1. The van der Waals surface area contributed by atoms with Crippen molar-refractivity contribution in [1.82, 2.24) is 4.90 Å². The molecule has 10 heteroatoms. The Morgan fingerprint density at radius 3 is 2.42 bits per heavy atom. The Morgan fingerprint density at radius 1 is 1.10 bits per heavy atom. The van der Waals surface area contributed by atoms with Gasteiger partial charge in [-0.15, -0.1) is 0 Å². The third kappa shape index (κ3) is 5.22. The molecule has 2 aromatic rings. The number of carbonyl (C=O) groups excluding carboxylic acids is 2. The normalized spacial score (nSPS) is 14.6. The van der Waals surface area contributed by atoms with Gasteiger partial charge in [0, 0.05) is 0 Å². The molecule has 1 amide bonds. The van der Waals surface area contributed by atoms with Crippen LogP contribution in [0.1, 0.15) is 15.9 Å². The van der Waals surface area contributed by atoms with Crippen LogP contribution in [0.2, 0.25) is 0 Å². The fraction of sp³-hybridized carbons (Fsp3) is 0.143. The molecule has 0 bridgehead atoms. The fourth-order valence-corrected chi connectivity index (χ4v) is 3.92. The first-order valence-corrected chi connectivity index (χ1v) is 10.1. The number of nitrogens with zero attached hydrogens (tertiary/aromatic N) is 1. The average Bonchev–Trinajstić information content (AvgIpc) is 3.01. The molecule has 3 rings (SSSR count). The van der Waals surface area contributed by atoms with E-state index in [2.05, 4.69) is 0 Å². The molecule has 160 valence electrons. The molecule has 0 radical (unpaired) electrons. The van der Waals surface area contributed by atoms with Gasteiger partial charge < -0.3 is 19.3 Å². The molecular formula is C21H17NO7S2. The highest BCUT2D eigenvalue weighted by Crippen LogP contribution is 2.35. The molecule has 0 aromatic heterocycles. The molecular weight excluding hydrogens is 442 g/mol. The first-order chi connectivity index (χ1) is 14.8. The second kappa shape index (κ2) is 9.63. The Balaban J connectivity index is 1.79. The molecule has 0 spiro atoms. The monoisotopic (exact) mass is 459 g/mol. The maximum Gasteiger partial charge on any atom is 0.343 e. The van der Waals surface area contributed by atoms with Crippen LogP contribution in [-0.2, 0) is 9.59 Å². The molecule has 8 nitrogen and oxygen atoms in total. The Kier molecular flexibility index (Phi) is 6.93. The van der Waals surface area contributed by atoms with E-state index >= 15 is 0 Å². The minimum Gasteiger partial charge on any atom is -0.497 e. The van der Waals surface area contributed by atoms with E-state index in [-0.39, 0.29) is 20.7 Å². The summed E-state index contributed by atoms with van der Waals surface area (Å²) in [6.07, 6.45) is 1.57. The van der Waals surface area contributed by atoms with Crippen molar-refractivity contribution in [3.8, 4) is 17.2 Å². The van der Waals surface area contributed by atoms with Crippen LogP contribution in [0.4, 0.5) is 0 Å². The van der Waals surface area contributed by atoms with Gasteiger partial charge in [-0.05, 0) is 48.0 Å². The van der Waals surface area contributed by atoms with Crippen LogP contribution < -0.4 is 14.2 Å². The zero-order chi connectivity index (χ0) is 22.5. The SMILES string of the molecule is COc1ccc(C(=O)Oc2ccc(/C=C3\SC(=S)N(CC(=O)O)C3=O)cc2OC)cc1. The molecule has 0 unspecified atom stereocenters. The van der Waals surface area contributed by atoms with E-state index in [1.54, 1.807) is 48.5 Å². The summed E-state index contributed by atoms with van der Waals surface area (Å²) in [5.41, 5.74) is 0.936. The van der Waals surface area contributed by atoms with E-state index in [0.29, 0.717) is 16.9 Å². The summed E-state index contributed by atoms with van der Waals surface area (Å²) in [5, 5.41) is 8.92.